The third-order valence-corrected chi connectivity index (χ3v) is 7.77. The van der Waals surface area contributed by atoms with Crippen molar-refractivity contribution in [3.8, 4) is 5.75 Å². The van der Waals surface area contributed by atoms with Gasteiger partial charge in [0.1, 0.15) is 5.75 Å². The van der Waals surface area contributed by atoms with Gasteiger partial charge >= 0.3 is 0 Å². The molecule has 1 atom stereocenters. The van der Waals surface area contributed by atoms with E-state index in [0.29, 0.717) is 18.9 Å². The van der Waals surface area contributed by atoms with E-state index in [9.17, 15) is 4.79 Å². The molecule has 1 aliphatic heterocycles. The van der Waals surface area contributed by atoms with Crippen LogP contribution in [0.4, 0.5) is 5.00 Å². The zero-order valence-electron chi connectivity index (χ0n) is 16.4. The number of nitrogens with one attached hydrogen (secondary N) is 1. The fourth-order valence-corrected chi connectivity index (χ4v) is 6.51. The summed E-state index contributed by atoms with van der Waals surface area (Å²) >= 11 is 10.1. The molecule has 6 heteroatoms. The molecule has 1 aromatic carbocycles. The van der Waals surface area contributed by atoms with Gasteiger partial charge in [-0.1, -0.05) is 49.7 Å². The smallest absolute Gasteiger partial charge is 0.232 e. The summed E-state index contributed by atoms with van der Waals surface area (Å²) in [5.41, 5.74) is 2.22. The Kier molecular flexibility index (Phi) is 7.45. The summed E-state index contributed by atoms with van der Waals surface area (Å²) in [5.74, 6) is 1.05. The van der Waals surface area contributed by atoms with Crippen molar-refractivity contribution >= 4 is 56.4 Å². The van der Waals surface area contributed by atoms with Gasteiger partial charge in [-0.05, 0) is 60.8 Å². The summed E-state index contributed by atoms with van der Waals surface area (Å²) in [6.45, 7) is 6.83. The SMILES string of the molecule is C/C(Cl)=C\CCc1sc(NC(=O)[C@H]2CCOc3ccccc32)c(C(C)C)c1I. The van der Waals surface area contributed by atoms with Crippen molar-refractivity contribution in [2.45, 2.75) is 51.9 Å². The minimum Gasteiger partial charge on any atom is -0.493 e. The van der Waals surface area contributed by atoms with Crippen molar-refractivity contribution in [3.05, 3.63) is 54.9 Å². The number of hydrogen-bond donors (Lipinski definition) is 1. The van der Waals surface area contributed by atoms with Gasteiger partial charge in [0.15, 0.2) is 0 Å². The molecular formula is C22H25ClINO2S. The summed E-state index contributed by atoms with van der Waals surface area (Å²) in [6, 6.07) is 7.84. The third-order valence-electron chi connectivity index (χ3n) is 4.84. The Bertz CT molecular complexity index is 887. The number of carbonyl (C=O) groups excluding carboxylic acids is 1. The van der Waals surface area contributed by atoms with E-state index in [-0.39, 0.29) is 11.8 Å². The summed E-state index contributed by atoms with van der Waals surface area (Å²) in [5, 5.41) is 5.04. The lowest BCUT2D eigenvalue weighted by Crippen LogP contribution is -2.26. The van der Waals surface area contributed by atoms with Crippen LogP contribution in [0.5, 0.6) is 5.75 Å². The maximum atomic E-state index is 13.1. The maximum Gasteiger partial charge on any atom is 0.232 e. The van der Waals surface area contributed by atoms with E-state index in [2.05, 4.69) is 41.8 Å². The third kappa shape index (κ3) is 4.92. The molecule has 150 valence electrons. The molecule has 0 aliphatic carbocycles. The van der Waals surface area contributed by atoms with Crippen LogP contribution in [0, 0.1) is 3.57 Å². The van der Waals surface area contributed by atoms with Crippen LogP contribution >= 0.6 is 45.5 Å². The molecule has 0 spiro atoms. The normalized spacial score (nSPS) is 16.6. The molecule has 2 aromatic rings. The Morgan fingerprint density at radius 2 is 2.18 bits per heavy atom. The van der Waals surface area contributed by atoms with E-state index in [1.165, 1.54) is 14.0 Å². The number of carbonyl (C=O) groups is 1. The highest BCUT2D eigenvalue weighted by Crippen LogP contribution is 2.41. The second kappa shape index (κ2) is 9.63. The molecule has 0 unspecified atom stereocenters. The first kappa shape index (κ1) is 21.7. The van der Waals surface area contributed by atoms with Gasteiger partial charge in [0.05, 0.1) is 17.5 Å². The first-order valence-corrected chi connectivity index (χ1v) is 11.8. The molecular weight excluding hydrogens is 505 g/mol. The predicted octanol–water partition coefficient (Wildman–Crippen LogP) is 7.06. The number of benzene rings is 1. The lowest BCUT2D eigenvalue weighted by atomic mass is 9.92. The van der Waals surface area contributed by atoms with Crippen LogP contribution in [0.15, 0.2) is 35.4 Å². The highest BCUT2D eigenvalue weighted by atomic mass is 127. The lowest BCUT2D eigenvalue weighted by Gasteiger charge is -2.25. The Labute approximate surface area is 189 Å². The molecule has 1 amide bonds. The van der Waals surface area contributed by atoms with E-state index < -0.39 is 0 Å². The van der Waals surface area contributed by atoms with Gasteiger partial charge in [-0.25, -0.2) is 0 Å². The molecule has 1 aromatic heterocycles. The van der Waals surface area contributed by atoms with Crippen LogP contribution in [-0.2, 0) is 11.2 Å². The zero-order valence-corrected chi connectivity index (χ0v) is 20.1. The second-order valence-electron chi connectivity index (χ2n) is 7.28. The fraction of sp³-hybridized carbons (Fsp3) is 0.409. The minimum absolute atomic E-state index is 0.0540. The van der Waals surface area contributed by atoms with Crippen molar-refractivity contribution < 1.29 is 9.53 Å². The van der Waals surface area contributed by atoms with Crippen molar-refractivity contribution in [2.75, 3.05) is 11.9 Å². The molecule has 0 bridgehead atoms. The molecule has 3 rings (SSSR count). The standard InChI is InChI=1S/C22H25ClINO2S/c1-13(2)19-20(24)18(10-6-7-14(3)23)28-22(19)25-21(26)16-11-12-27-17-9-5-4-8-15(16)17/h4-5,7-9,13,16H,6,10-12H2,1-3H3,(H,25,26)/b14-7+/t16-/m0/s1. The van der Waals surface area contributed by atoms with Gasteiger partial charge in [-0.2, -0.15) is 0 Å². The number of ether oxygens (including phenoxy) is 1. The average Bonchev–Trinajstić information content (AvgIpc) is 2.96. The maximum absolute atomic E-state index is 13.1. The van der Waals surface area contributed by atoms with Gasteiger partial charge in [-0.15, -0.1) is 11.3 Å². The number of amides is 1. The van der Waals surface area contributed by atoms with Crippen LogP contribution in [0.25, 0.3) is 0 Å². The Balaban J connectivity index is 1.83. The number of rotatable bonds is 6. The number of anilines is 1. The van der Waals surface area contributed by atoms with E-state index in [1.807, 2.05) is 37.3 Å². The van der Waals surface area contributed by atoms with Crippen LogP contribution in [0.2, 0.25) is 0 Å². The van der Waals surface area contributed by atoms with Gasteiger partial charge in [-0.3, -0.25) is 4.79 Å². The average molecular weight is 530 g/mol. The molecule has 0 radical (unpaired) electrons. The molecule has 0 fully saturated rings. The summed E-state index contributed by atoms with van der Waals surface area (Å²) in [4.78, 5) is 14.4. The molecule has 3 nitrogen and oxygen atoms in total. The van der Waals surface area contributed by atoms with Gasteiger partial charge in [0.2, 0.25) is 5.91 Å². The Morgan fingerprint density at radius 3 is 2.89 bits per heavy atom. The fourth-order valence-electron chi connectivity index (χ4n) is 3.46. The molecule has 1 N–H and O–H groups in total. The summed E-state index contributed by atoms with van der Waals surface area (Å²) < 4.78 is 6.97. The van der Waals surface area contributed by atoms with E-state index in [4.69, 9.17) is 16.3 Å². The van der Waals surface area contributed by atoms with Crippen molar-refractivity contribution in [1.82, 2.24) is 0 Å². The monoisotopic (exact) mass is 529 g/mol. The zero-order chi connectivity index (χ0) is 20.3. The van der Waals surface area contributed by atoms with Crippen LogP contribution in [-0.4, -0.2) is 12.5 Å². The summed E-state index contributed by atoms with van der Waals surface area (Å²) in [6.07, 6.45) is 4.59. The first-order chi connectivity index (χ1) is 13.4. The number of allylic oxidation sites excluding steroid dienone is 2. The highest BCUT2D eigenvalue weighted by molar-refractivity contribution is 14.1. The number of para-hydroxylation sites is 1. The number of halogens is 2. The highest BCUT2D eigenvalue weighted by Gasteiger charge is 2.29. The lowest BCUT2D eigenvalue weighted by molar-refractivity contribution is -0.118. The molecule has 0 saturated carbocycles. The van der Waals surface area contributed by atoms with E-state index >= 15 is 0 Å². The van der Waals surface area contributed by atoms with Crippen LogP contribution < -0.4 is 10.1 Å². The van der Waals surface area contributed by atoms with Crippen molar-refractivity contribution in [1.29, 1.82) is 0 Å². The van der Waals surface area contributed by atoms with E-state index in [1.54, 1.807) is 11.3 Å². The predicted molar refractivity (Wildman–Crippen MR) is 127 cm³/mol. The van der Waals surface area contributed by atoms with Gasteiger partial charge < -0.3 is 10.1 Å². The topological polar surface area (TPSA) is 38.3 Å². The Morgan fingerprint density at radius 1 is 1.43 bits per heavy atom. The molecule has 2 heterocycles. The molecule has 1 aliphatic rings. The Hall–Kier alpha value is -1.05. The summed E-state index contributed by atoms with van der Waals surface area (Å²) in [7, 11) is 0. The minimum atomic E-state index is -0.171. The van der Waals surface area contributed by atoms with Gasteiger partial charge in [0, 0.05) is 24.6 Å². The molecule has 0 saturated heterocycles. The number of aryl methyl sites for hydroxylation is 1. The van der Waals surface area contributed by atoms with Crippen LogP contribution in [0.1, 0.15) is 61.5 Å². The number of hydrogen-bond acceptors (Lipinski definition) is 3. The molecule has 28 heavy (non-hydrogen) atoms. The number of fused-ring (bicyclic) bond motifs is 1. The second-order valence-corrected chi connectivity index (χ2v) is 10.1. The van der Waals surface area contributed by atoms with Crippen molar-refractivity contribution in [2.24, 2.45) is 0 Å². The van der Waals surface area contributed by atoms with Crippen molar-refractivity contribution in [3.63, 3.8) is 0 Å². The van der Waals surface area contributed by atoms with Gasteiger partial charge in [0.25, 0.3) is 0 Å². The largest absolute Gasteiger partial charge is 0.493 e. The van der Waals surface area contributed by atoms with E-state index in [0.717, 1.165) is 34.2 Å². The quantitative estimate of drug-likeness (QED) is 0.407. The first-order valence-electron chi connectivity index (χ1n) is 9.54. The van der Waals surface area contributed by atoms with Crippen LogP contribution in [0.3, 0.4) is 0 Å². The number of thiophene rings is 1.